The van der Waals surface area contributed by atoms with Gasteiger partial charge >= 0.3 is 0 Å². The van der Waals surface area contributed by atoms with Crippen molar-refractivity contribution in [2.45, 2.75) is 0 Å². The van der Waals surface area contributed by atoms with Gasteiger partial charge in [-0.05, 0) is 30.3 Å². The van der Waals surface area contributed by atoms with Crippen LogP contribution in [0.25, 0.3) is 0 Å². The van der Waals surface area contributed by atoms with E-state index in [1.807, 2.05) is 12.1 Å². The fourth-order valence-corrected chi connectivity index (χ4v) is 1.94. The Morgan fingerprint density at radius 2 is 2.00 bits per heavy atom. The molecule has 0 spiro atoms. The van der Waals surface area contributed by atoms with Gasteiger partial charge < -0.3 is 14.8 Å². The van der Waals surface area contributed by atoms with Gasteiger partial charge in [-0.15, -0.1) is 0 Å². The molecule has 0 saturated heterocycles. The highest BCUT2D eigenvalue weighted by atomic mass is 35.5. The summed E-state index contributed by atoms with van der Waals surface area (Å²) >= 11 is 5.97. The second kappa shape index (κ2) is 7.55. The summed E-state index contributed by atoms with van der Waals surface area (Å²) in [4.78, 5) is 11.9. The van der Waals surface area contributed by atoms with Gasteiger partial charge in [-0.2, -0.15) is 0 Å². The Morgan fingerprint density at radius 1 is 1.19 bits per heavy atom. The number of amides is 1. The van der Waals surface area contributed by atoms with Crippen LogP contribution in [0.2, 0.25) is 5.02 Å². The second-order valence-corrected chi connectivity index (χ2v) is 4.67. The molecule has 0 aromatic heterocycles. The molecule has 0 unspecified atom stereocenters. The number of nitrogens with one attached hydrogen (secondary N) is 1. The van der Waals surface area contributed by atoms with Crippen LogP contribution in [0.1, 0.15) is 10.4 Å². The molecular weight excluding hydrogens is 290 g/mol. The van der Waals surface area contributed by atoms with Crippen molar-refractivity contribution < 1.29 is 14.3 Å². The first-order chi connectivity index (χ1) is 10.2. The summed E-state index contributed by atoms with van der Waals surface area (Å²) in [6.07, 6.45) is 0. The minimum atomic E-state index is -0.170. The lowest BCUT2D eigenvalue weighted by Crippen LogP contribution is -2.28. The fourth-order valence-electron chi connectivity index (χ4n) is 1.75. The standard InChI is InChI=1S/C16H16ClNO3/c1-20-13-6-4-5-12(11-13)16(19)18-9-10-21-15-8-3-2-7-14(15)17/h2-8,11H,9-10H2,1H3,(H,18,19). The number of benzene rings is 2. The number of ether oxygens (including phenoxy) is 2. The van der Waals surface area contributed by atoms with E-state index in [2.05, 4.69) is 5.32 Å². The van der Waals surface area contributed by atoms with Crippen molar-refractivity contribution >= 4 is 17.5 Å². The minimum absolute atomic E-state index is 0.170. The van der Waals surface area contributed by atoms with Crippen molar-refractivity contribution in [3.63, 3.8) is 0 Å². The van der Waals surface area contributed by atoms with Crippen molar-refractivity contribution in [1.82, 2.24) is 5.32 Å². The van der Waals surface area contributed by atoms with Gasteiger partial charge in [0.15, 0.2) is 0 Å². The highest BCUT2D eigenvalue weighted by molar-refractivity contribution is 6.32. The molecule has 0 saturated carbocycles. The number of carbonyl (C=O) groups is 1. The number of hydrogen-bond acceptors (Lipinski definition) is 3. The third-order valence-electron chi connectivity index (χ3n) is 2.81. The van der Waals surface area contributed by atoms with E-state index in [1.54, 1.807) is 43.5 Å². The topological polar surface area (TPSA) is 47.6 Å². The van der Waals surface area contributed by atoms with Crippen molar-refractivity contribution in [2.75, 3.05) is 20.3 Å². The highest BCUT2D eigenvalue weighted by Gasteiger charge is 2.06. The summed E-state index contributed by atoms with van der Waals surface area (Å²) in [5.41, 5.74) is 0.548. The first-order valence-corrected chi connectivity index (χ1v) is 6.88. The minimum Gasteiger partial charge on any atom is -0.497 e. The largest absolute Gasteiger partial charge is 0.497 e. The molecule has 4 nitrogen and oxygen atoms in total. The first kappa shape index (κ1) is 15.2. The highest BCUT2D eigenvalue weighted by Crippen LogP contribution is 2.22. The van der Waals surface area contributed by atoms with Gasteiger partial charge in [0.05, 0.1) is 18.7 Å². The van der Waals surface area contributed by atoms with Crippen LogP contribution in [0.4, 0.5) is 0 Å². The number of hydrogen-bond donors (Lipinski definition) is 1. The predicted octanol–water partition coefficient (Wildman–Crippen LogP) is 3.16. The van der Waals surface area contributed by atoms with Gasteiger partial charge in [0.25, 0.3) is 5.91 Å². The summed E-state index contributed by atoms with van der Waals surface area (Å²) < 4.78 is 10.6. The molecule has 0 aliphatic carbocycles. The van der Waals surface area contributed by atoms with E-state index < -0.39 is 0 Å². The number of para-hydroxylation sites is 1. The van der Waals surface area contributed by atoms with Crippen LogP contribution in [0, 0.1) is 0 Å². The van der Waals surface area contributed by atoms with E-state index >= 15 is 0 Å². The quantitative estimate of drug-likeness (QED) is 0.834. The maximum atomic E-state index is 11.9. The van der Waals surface area contributed by atoms with E-state index in [0.717, 1.165) is 0 Å². The Balaban J connectivity index is 1.80. The lowest BCUT2D eigenvalue weighted by molar-refractivity contribution is 0.0946. The number of halogens is 1. The summed E-state index contributed by atoms with van der Waals surface area (Å²) in [5, 5.41) is 3.33. The molecule has 0 atom stereocenters. The molecule has 0 aliphatic rings. The molecule has 0 bridgehead atoms. The number of carbonyl (C=O) groups excluding carboxylic acids is 1. The normalized spacial score (nSPS) is 10.0. The van der Waals surface area contributed by atoms with Gasteiger partial charge in [-0.1, -0.05) is 29.8 Å². The molecule has 21 heavy (non-hydrogen) atoms. The molecule has 1 N–H and O–H groups in total. The van der Waals surface area contributed by atoms with Crippen LogP contribution in [0.15, 0.2) is 48.5 Å². The average Bonchev–Trinajstić information content (AvgIpc) is 2.53. The van der Waals surface area contributed by atoms with Gasteiger partial charge in [0.1, 0.15) is 18.1 Å². The monoisotopic (exact) mass is 305 g/mol. The molecular formula is C16H16ClNO3. The lowest BCUT2D eigenvalue weighted by Gasteiger charge is -2.09. The summed E-state index contributed by atoms with van der Waals surface area (Å²) in [5.74, 6) is 1.08. The molecule has 1 amide bonds. The van der Waals surface area contributed by atoms with Crippen molar-refractivity contribution in [2.24, 2.45) is 0 Å². The van der Waals surface area contributed by atoms with Gasteiger partial charge in [0, 0.05) is 5.56 Å². The van der Waals surface area contributed by atoms with Crippen LogP contribution in [0.3, 0.4) is 0 Å². The van der Waals surface area contributed by atoms with E-state index in [1.165, 1.54) is 0 Å². The second-order valence-electron chi connectivity index (χ2n) is 4.27. The Bertz CT molecular complexity index is 616. The molecule has 2 rings (SSSR count). The van der Waals surface area contributed by atoms with Gasteiger partial charge in [-0.25, -0.2) is 0 Å². The van der Waals surface area contributed by atoms with Gasteiger partial charge in [0.2, 0.25) is 0 Å². The SMILES string of the molecule is COc1cccc(C(=O)NCCOc2ccccc2Cl)c1. The van der Waals surface area contributed by atoms with E-state index in [0.29, 0.717) is 35.2 Å². The molecule has 2 aromatic rings. The first-order valence-electron chi connectivity index (χ1n) is 6.50. The molecule has 0 heterocycles. The zero-order valence-corrected chi connectivity index (χ0v) is 12.4. The van der Waals surface area contributed by atoms with E-state index in [4.69, 9.17) is 21.1 Å². The number of rotatable bonds is 6. The molecule has 0 radical (unpaired) electrons. The third kappa shape index (κ3) is 4.39. The average molecular weight is 306 g/mol. The molecule has 2 aromatic carbocycles. The molecule has 0 aliphatic heterocycles. The summed E-state index contributed by atoms with van der Waals surface area (Å²) in [6, 6.07) is 14.2. The Morgan fingerprint density at radius 3 is 2.76 bits per heavy atom. The van der Waals surface area contributed by atoms with Gasteiger partial charge in [-0.3, -0.25) is 4.79 Å². The summed E-state index contributed by atoms with van der Waals surface area (Å²) in [6.45, 7) is 0.737. The van der Waals surface area contributed by atoms with Crippen LogP contribution in [-0.4, -0.2) is 26.2 Å². The fraction of sp³-hybridized carbons (Fsp3) is 0.188. The van der Waals surface area contributed by atoms with Crippen LogP contribution >= 0.6 is 11.6 Å². The van der Waals surface area contributed by atoms with Crippen LogP contribution in [0.5, 0.6) is 11.5 Å². The third-order valence-corrected chi connectivity index (χ3v) is 3.13. The lowest BCUT2D eigenvalue weighted by atomic mass is 10.2. The molecule has 110 valence electrons. The summed E-state index contributed by atoms with van der Waals surface area (Å²) in [7, 11) is 1.56. The predicted molar refractivity (Wildman–Crippen MR) is 82.3 cm³/mol. The zero-order valence-electron chi connectivity index (χ0n) is 11.6. The van der Waals surface area contributed by atoms with Crippen molar-refractivity contribution in [3.8, 4) is 11.5 Å². The van der Waals surface area contributed by atoms with Crippen LogP contribution in [-0.2, 0) is 0 Å². The Labute approximate surface area is 128 Å². The Hall–Kier alpha value is -2.20. The van der Waals surface area contributed by atoms with Crippen molar-refractivity contribution in [3.05, 3.63) is 59.1 Å². The van der Waals surface area contributed by atoms with Crippen LogP contribution < -0.4 is 14.8 Å². The van der Waals surface area contributed by atoms with E-state index in [-0.39, 0.29) is 5.91 Å². The number of methoxy groups -OCH3 is 1. The van der Waals surface area contributed by atoms with Crippen molar-refractivity contribution in [1.29, 1.82) is 0 Å². The molecule has 0 fully saturated rings. The maximum Gasteiger partial charge on any atom is 0.251 e. The van der Waals surface area contributed by atoms with E-state index in [9.17, 15) is 4.79 Å². The smallest absolute Gasteiger partial charge is 0.251 e. The zero-order chi connectivity index (χ0) is 15.1. The Kier molecular flexibility index (Phi) is 5.46. The maximum absolute atomic E-state index is 11.9. The molecule has 5 heteroatoms.